The maximum absolute atomic E-state index is 14.8. The number of rotatable bonds is 4. The molecule has 1 N–H and O–H groups in total. The quantitative estimate of drug-likeness (QED) is 0.692. The van der Waals surface area contributed by atoms with Crippen molar-refractivity contribution >= 4 is 22.6 Å². The van der Waals surface area contributed by atoms with Crippen LogP contribution in [-0.4, -0.2) is 53.3 Å². The molecular weight excluding hydrogens is 376 g/mol. The first kappa shape index (κ1) is 20.9. The molecule has 2 aromatic rings. The largest absolute Gasteiger partial charge is 1.00 e. The Bertz CT molecular complexity index is 934. The number of aromatic carboxylic acids is 1. The monoisotopic (exact) mass is 398 g/mol. The van der Waals surface area contributed by atoms with E-state index in [1.807, 2.05) is 9.47 Å². The van der Waals surface area contributed by atoms with E-state index < -0.39 is 17.2 Å². The van der Waals surface area contributed by atoms with Crippen LogP contribution in [0.2, 0.25) is 0 Å². The molecule has 138 valence electrons. The Labute approximate surface area is 199 Å². The van der Waals surface area contributed by atoms with Crippen molar-refractivity contribution in [3.63, 3.8) is 0 Å². The third-order valence-electron chi connectivity index (χ3n) is 5.43. The van der Waals surface area contributed by atoms with Crippen LogP contribution < -0.4 is 61.7 Å². The number of anilines is 1. The van der Waals surface area contributed by atoms with Crippen LogP contribution in [-0.2, 0) is 0 Å². The normalized spacial score (nSPS) is 17.8. The molecule has 27 heavy (non-hydrogen) atoms. The minimum Gasteiger partial charge on any atom is -0.477 e. The van der Waals surface area contributed by atoms with Gasteiger partial charge in [-0.2, -0.15) is 0 Å². The van der Waals surface area contributed by atoms with E-state index in [4.69, 9.17) is 0 Å². The van der Waals surface area contributed by atoms with Crippen molar-refractivity contribution in [3.05, 3.63) is 39.9 Å². The van der Waals surface area contributed by atoms with E-state index in [0.29, 0.717) is 11.2 Å². The first-order chi connectivity index (χ1) is 12.5. The van der Waals surface area contributed by atoms with Crippen molar-refractivity contribution < 1.29 is 65.7 Å². The SMILES string of the molecule is CCN1CCN(c2cc3c(cc2F)c(=O)c(C(=O)O)cn3C2CC2)CC1.[K+]. The van der Waals surface area contributed by atoms with Gasteiger partial charge in [0.1, 0.15) is 11.4 Å². The van der Waals surface area contributed by atoms with E-state index in [1.54, 1.807) is 6.07 Å². The van der Waals surface area contributed by atoms with Crippen molar-refractivity contribution in [3.8, 4) is 0 Å². The number of carbonyl (C=O) groups is 1. The molecule has 0 radical (unpaired) electrons. The molecule has 8 heteroatoms. The van der Waals surface area contributed by atoms with E-state index in [9.17, 15) is 19.1 Å². The first-order valence-corrected chi connectivity index (χ1v) is 9.08. The van der Waals surface area contributed by atoms with E-state index in [0.717, 1.165) is 45.6 Å². The molecule has 1 saturated heterocycles. The number of nitrogens with zero attached hydrogens (tertiary/aromatic N) is 3. The third-order valence-corrected chi connectivity index (χ3v) is 5.43. The van der Waals surface area contributed by atoms with Crippen LogP contribution >= 0.6 is 0 Å². The predicted octanol–water partition coefficient (Wildman–Crippen LogP) is -0.680. The number of aromatic nitrogens is 1. The van der Waals surface area contributed by atoms with Crippen molar-refractivity contribution in [2.75, 3.05) is 37.6 Å². The van der Waals surface area contributed by atoms with Crippen LogP contribution in [0.1, 0.15) is 36.2 Å². The van der Waals surface area contributed by atoms with Crippen LogP contribution in [0.5, 0.6) is 0 Å². The second-order valence-electron chi connectivity index (χ2n) is 7.06. The molecule has 0 bridgehead atoms. The Morgan fingerprint density at radius 3 is 2.44 bits per heavy atom. The maximum Gasteiger partial charge on any atom is 1.00 e. The summed E-state index contributed by atoms with van der Waals surface area (Å²) in [5, 5.41) is 9.45. The smallest absolute Gasteiger partial charge is 0.477 e. The second-order valence-corrected chi connectivity index (χ2v) is 7.06. The van der Waals surface area contributed by atoms with Gasteiger partial charge in [0.15, 0.2) is 0 Å². The number of pyridine rings is 1. The molecule has 0 atom stereocenters. The summed E-state index contributed by atoms with van der Waals surface area (Å²) >= 11 is 0. The zero-order chi connectivity index (χ0) is 18.4. The zero-order valence-electron chi connectivity index (χ0n) is 15.7. The van der Waals surface area contributed by atoms with Gasteiger partial charge in [0, 0.05) is 43.8 Å². The molecule has 6 nitrogen and oxygen atoms in total. The maximum atomic E-state index is 14.8. The number of piperazine rings is 1. The van der Waals surface area contributed by atoms with Gasteiger partial charge in [-0.15, -0.1) is 0 Å². The number of likely N-dealkylation sites (N-methyl/N-ethyl adjacent to an activating group) is 1. The number of carboxylic acids is 1. The van der Waals surface area contributed by atoms with Gasteiger partial charge < -0.3 is 19.5 Å². The number of fused-ring (bicyclic) bond motifs is 1. The summed E-state index contributed by atoms with van der Waals surface area (Å²) in [5.41, 5.74) is 0.195. The van der Waals surface area contributed by atoms with Crippen molar-refractivity contribution in [1.82, 2.24) is 9.47 Å². The standard InChI is InChI=1S/C19H22FN3O3.K/c1-2-21-5-7-22(8-6-21)17-10-16-13(9-15(17)20)18(24)14(19(25)26)11-23(16)12-3-4-12;/h9-12H,2-8H2,1H3,(H,25,26);/q;+1. The fourth-order valence-corrected chi connectivity index (χ4v) is 3.71. The molecule has 2 fully saturated rings. The van der Waals surface area contributed by atoms with Crippen LogP contribution in [0.25, 0.3) is 10.9 Å². The summed E-state index contributed by atoms with van der Waals surface area (Å²) in [6, 6.07) is 3.12. The Morgan fingerprint density at radius 2 is 1.89 bits per heavy atom. The van der Waals surface area contributed by atoms with Crippen LogP contribution in [0.4, 0.5) is 10.1 Å². The first-order valence-electron chi connectivity index (χ1n) is 9.08. The average molecular weight is 398 g/mol. The topological polar surface area (TPSA) is 65.8 Å². The van der Waals surface area contributed by atoms with Gasteiger partial charge >= 0.3 is 57.4 Å². The van der Waals surface area contributed by atoms with Gasteiger partial charge in [-0.05, 0) is 31.5 Å². The van der Waals surface area contributed by atoms with Crippen LogP contribution in [0.15, 0.2) is 23.1 Å². The molecule has 0 amide bonds. The van der Waals surface area contributed by atoms with Gasteiger partial charge in [0.05, 0.1) is 11.2 Å². The van der Waals surface area contributed by atoms with E-state index in [2.05, 4.69) is 11.8 Å². The molecular formula is C19H22FKN3O3+. The summed E-state index contributed by atoms with van der Waals surface area (Å²) in [7, 11) is 0. The van der Waals surface area contributed by atoms with Crippen molar-refractivity contribution in [2.45, 2.75) is 25.8 Å². The minimum atomic E-state index is -1.27. The molecule has 1 aliphatic heterocycles. The Morgan fingerprint density at radius 1 is 1.22 bits per heavy atom. The van der Waals surface area contributed by atoms with Crippen molar-refractivity contribution in [2.24, 2.45) is 0 Å². The molecule has 1 aromatic carbocycles. The molecule has 0 spiro atoms. The number of halogens is 1. The van der Waals surface area contributed by atoms with Gasteiger partial charge in [-0.1, -0.05) is 6.92 Å². The van der Waals surface area contributed by atoms with E-state index >= 15 is 0 Å². The molecule has 1 aromatic heterocycles. The Balaban J connectivity index is 0.00000210. The summed E-state index contributed by atoms with van der Waals surface area (Å²) in [6.45, 7) is 6.31. The zero-order valence-corrected chi connectivity index (χ0v) is 18.9. The molecule has 1 saturated carbocycles. The summed E-state index contributed by atoms with van der Waals surface area (Å²) in [5.74, 6) is -1.74. The molecule has 1 aliphatic carbocycles. The summed E-state index contributed by atoms with van der Waals surface area (Å²) in [6.07, 6.45) is 3.30. The Kier molecular flexibility index (Phi) is 6.44. The van der Waals surface area contributed by atoms with Crippen molar-refractivity contribution in [1.29, 1.82) is 0 Å². The Hall–Kier alpha value is -0.774. The minimum absolute atomic E-state index is 0. The predicted molar refractivity (Wildman–Crippen MR) is 97.7 cm³/mol. The third kappa shape index (κ3) is 4.01. The summed E-state index contributed by atoms with van der Waals surface area (Å²) < 4.78 is 16.6. The van der Waals surface area contributed by atoms with Gasteiger partial charge in [-0.25, -0.2) is 9.18 Å². The van der Waals surface area contributed by atoms with E-state index in [1.165, 1.54) is 12.3 Å². The van der Waals surface area contributed by atoms with Gasteiger partial charge in [-0.3, -0.25) is 4.79 Å². The molecule has 2 aliphatic rings. The number of carboxylic acid groups (broad SMARTS) is 1. The molecule has 4 rings (SSSR count). The van der Waals surface area contributed by atoms with Gasteiger partial charge in [0.25, 0.3) is 0 Å². The molecule has 2 heterocycles. The summed E-state index contributed by atoms with van der Waals surface area (Å²) in [4.78, 5) is 28.2. The van der Waals surface area contributed by atoms with E-state index in [-0.39, 0.29) is 68.4 Å². The number of hydrogen-bond donors (Lipinski definition) is 1. The molecule has 0 unspecified atom stereocenters. The number of benzene rings is 1. The fraction of sp³-hybridized carbons (Fsp3) is 0.474. The number of hydrogen-bond acceptors (Lipinski definition) is 4. The average Bonchev–Trinajstić information content (AvgIpc) is 3.47. The van der Waals surface area contributed by atoms with Crippen LogP contribution in [0.3, 0.4) is 0 Å². The van der Waals surface area contributed by atoms with Crippen LogP contribution in [0, 0.1) is 5.82 Å². The fourth-order valence-electron chi connectivity index (χ4n) is 3.71. The second kappa shape index (κ2) is 8.30. The van der Waals surface area contributed by atoms with Gasteiger partial charge in [0.2, 0.25) is 5.43 Å².